The van der Waals surface area contributed by atoms with Crippen molar-refractivity contribution in [2.24, 2.45) is 0 Å². The Labute approximate surface area is 114 Å². The average molecular weight is 264 g/mol. The molecule has 1 aliphatic rings. The van der Waals surface area contributed by atoms with Crippen LogP contribution in [0.5, 0.6) is 0 Å². The molecule has 2 N–H and O–H groups in total. The Kier molecular flexibility index (Phi) is 4.24. The molecule has 0 radical (unpaired) electrons. The van der Waals surface area contributed by atoms with Gasteiger partial charge in [0.2, 0.25) is 0 Å². The van der Waals surface area contributed by atoms with Crippen LogP contribution in [0.3, 0.4) is 0 Å². The highest BCUT2D eigenvalue weighted by molar-refractivity contribution is 5.37. The van der Waals surface area contributed by atoms with E-state index in [1.165, 1.54) is 6.42 Å². The summed E-state index contributed by atoms with van der Waals surface area (Å²) in [6, 6.07) is 0.351. The Balaban J connectivity index is 2.12. The third-order valence-electron chi connectivity index (χ3n) is 3.46. The van der Waals surface area contributed by atoms with Crippen LogP contribution in [0.1, 0.15) is 40.0 Å². The number of aromatic amines is 1. The summed E-state index contributed by atoms with van der Waals surface area (Å²) in [5.41, 5.74) is 0.00443. The fourth-order valence-corrected chi connectivity index (χ4v) is 2.46. The van der Waals surface area contributed by atoms with Crippen molar-refractivity contribution in [2.45, 2.75) is 51.6 Å². The molecule has 5 nitrogen and oxygen atoms in total. The first kappa shape index (κ1) is 14.1. The summed E-state index contributed by atoms with van der Waals surface area (Å²) in [5, 5.41) is 3.53. The van der Waals surface area contributed by atoms with E-state index in [2.05, 4.69) is 41.0 Å². The predicted octanol–water partition coefficient (Wildman–Crippen LogP) is 1.52. The van der Waals surface area contributed by atoms with Gasteiger partial charge in [-0.05, 0) is 40.0 Å². The van der Waals surface area contributed by atoms with Crippen LogP contribution in [0.4, 0.5) is 5.82 Å². The fraction of sp³-hybridized carbons (Fsp3) is 0.714. The number of nitrogens with one attached hydrogen (secondary N) is 2. The van der Waals surface area contributed by atoms with Gasteiger partial charge in [0.05, 0.1) is 0 Å². The Bertz CT molecular complexity index is 463. The summed E-state index contributed by atoms with van der Waals surface area (Å²) in [5.74, 6) is 0.558. The SMILES string of the molecule is CC(C)(C)NCC1CCCCN1c1ncc[nH]c1=O. The second-order valence-electron chi connectivity index (χ2n) is 6.22. The van der Waals surface area contributed by atoms with Crippen LogP contribution in [0.2, 0.25) is 0 Å². The Morgan fingerprint density at radius 2 is 2.26 bits per heavy atom. The average Bonchev–Trinajstić information content (AvgIpc) is 2.37. The zero-order chi connectivity index (χ0) is 13.9. The van der Waals surface area contributed by atoms with E-state index in [1.54, 1.807) is 12.4 Å². The molecule has 1 aliphatic heterocycles. The summed E-state index contributed by atoms with van der Waals surface area (Å²) < 4.78 is 0. The van der Waals surface area contributed by atoms with Crippen molar-refractivity contribution in [1.29, 1.82) is 0 Å². The second-order valence-corrected chi connectivity index (χ2v) is 6.22. The molecule has 1 fully saturated rings. The summed E-state index contributed by atoms with van der Waals surface area (Å²) in [4.78, 5) is 21.0. The third kappa shape index (κ3) is 3.80. The molecule has 0 aromatic carbocycles. The number of rotatable bonds is 3. The highest BCUT2D eigenvalue weighted by Crippen LogP contribution is 2.20. The van der Waals surface area contributed by atoms with E-state index in [-0.39, 0.29) is 11.1 Å². The van der Waals surface area contributed by atoms with Gasteiger partial charge in [0.1, 0.15) is 0 Å². The van der Waals surface area contributed by atoms with Gasteiger partial charge in [0.25, 0.3) is 5.56 Å². The fourth-order valence-electron chi connectivity index (χ4n) is 2.46. The van der Waals surface area contributed by atoms with Crippen LogP contribution < -0.4 is 15.8 Å². The van der Waals surface area contributed by atoms with Gasteiger partial charge in [-0.25, -0.2) is 4.98 Å². The van der Waals surface area contributed by atoms with Crippen LogP contribution in [0.25, 0.3) is 0 Å². The van der Waals surface area contributed by atoms with Crippen LogP contribution in [-0.4, -0.2) is 34.6 Å². The summed E-state index contributed by atoms with van der Waals surface area (Å²) in [7, 11) is 0. The lowest BCUT2D eigenvalue weighted by molar-refractivity contribution is 0.365. The maximum Gasteiger partial charge on any atom is 0.290 e. The first-order valence-electron chi connectivity index (χ1n) is 7.03. The van der Waals surface area contributed by atoms with Crippen molar-refractivity contribution < 1.29 is 0 Å². The standard InChI is InChI=1S/C14H24N4O/c1-14(2,3)17-10-11-6-4-5-9-18(11)12-13(19)16-8-7-15-12/h7-8,11,17H,4-6,9-10H2,1-3H3,(H,16,19). The van der Waals surface area contributed by atoms with Gasteiger partial charge >= 0.3 is 0 Å². The van der Waals surface area contributed by atoms with E-state index in [0.29, 0.717) is 11.9 Å². The van der Waals surface area contributed by atoms with Gasteiger partial charge < -0.3 is 15.2 Å². The van der Waals surface area contributed by atoms with E-state index in [0.717, 1.165) is 25.9 Å². The van der Waals surface area contributed by atoms with Crippen molar-refractivity contribution in [3.8, 4) is 0 Å². The Morgan fingerprint density at radius 3 is 2.95 bits per heavy atom. The van der Waals surface area contributed by atoms with Gasteiger partial charge in [-0.15, -0.1) is 0 Å². The lowest BCUT2D eigenvalue weighted by Crippen LogP contribution is -2.51. The minimum atomic E-state index is -0.0924. The highest BCUT2D eigenvalue weighted by atomic mass is 16.1. The van der Waals surface area contributed by atoms with E-state index >= 15 is 0 Å². The summed E-state index contributed by atoms with van der Waals surface area (Å²) >= 11 is 0. The largest absolute Gasteiger partial charge is 0.348 e. The zero-order valence-electron chi connectivity index (χ0n) is 12.1. The molecule has 0 saturated carbocycles. The van der Waals surface area contributed by atoms with Gasteiger partial charge in [-0.1, -0.05) is 0 Å². The molecule has 1 unspecified atom stereocenters. The van der Waals surface area contributed by atoms with Gasteiger partial charge in [0, 0.05) is 37.1 Å². The van der Waals surface area contributed by atoms with E-state index in [1.807, 2.05) is 0 Å². The molecule has 106 valence electrons. The van der Waals surface area contributed by atoms with E-state index < -0.39 is 0 Å². The molecule has 19 heavy (non-hydrogen) atoms. The Morgan fingerprint density at radius 1 is 1.47 bits per heavy atom. The minimum Gasteiger partial charge on any atom is -0.348 e. The van der Waals surface area contributed by atoms with Crippen molar-refractivity contribution >= 4 is 5.82 Å². The van der Waals surface area contributed by atoms with Gasteiger partial charge in [-0.3, -0.25) is 4.79 Å². The number of piperidine rings is 1. The zero-order valence-corrected chi connectivity index (χ0v) is 12.1. The summed E-state index contributed by atoms with van der Waals surface area (Å²) in [6.45, 7) is 8.28. The molecule has 0 spiro atoms. The van der Waals surface area contributed by atoms with Gasteiger partial charge in [0.15, 0.2) is 5.82 Å². The molecular formula is C14H24N4O. The summed E-state index contributed by atoms with van der Waals surface area (Å²) in [6.07, 6.45) is 6.69. The topological polar surface area (TPSA) is 61.0 Å². The quantitative estimate of drug-likeness (QED) is 0.869. The number of aromatic nitrogens is 2. The Hall–Kier alpha value is -1.36. The predicted molar refractivity (Wildman–Crippen MR) is 77.6 cm³/mol. The number of nitrogens with zero attached hydrogens (tertiary/aromatic N) is 2. The molecular weight excluding hydrogens is 240 g/mol. The molecule has 0 amide bonds. The third-order valence-corrected chi connectivity index (χ3v) is 3.46. The molecule has 5 heteroatoms. The lowest BCUT2D eigenvalue weighted by Gasteiger charge is -2.37. The molecule has 1 aromatic rings. The number of H-pyrrole nitrogens is 1. The first-order chi connectivity index (χ1) is 8.97. The van der Waals surface area contributed by atoms with Crippen molar-refractivity contribution in [3.63, 3.8) is 0 Å². The van der Waals surface area contributed by atoms with Crippen molar-refractivity contribution in [1.82, 2.24) is 15.3 Å². The van der Waals surface area contributed by atoms with Crippen LogP contribution in [0.15, 0.2) is 17.2 Å². The normalized spacial score (nSPS) is 20.6. The van der Waals surface area contributed by atoms with Crippen LogP contribution in [-0.2, 0) is 0 Å². The molecule has 1 aromatic heterocycles. The second kappa shape index (κ2) is 5.74. The number of hydrogen-bond acceptors (Lipinski definition) is 4. The smallest absolute Gasteiger partial charge is 0.290 e. The van der Waals surface area contributed by atoms with Gasteiger partial charge in [-0.2, -0.15) is 0 Å². The number of anilines is 1. The maximum atomic E-state index is 11.9. The molecule has 2 heterocycles. The molecule has 0 aliphatic carbocycles. The monoisotopic (exact) mass is 264 g/mol. The molecule has 1 saturated heterocycles. The van der Waals surface area contributed by atoms with Crippen molar-refractivity contribution in [2.75, 3.05) is 18.0 Å². The molecule has 2 rings (SSSR count). The molecule has 0 bridgehead atoms. The van der Waals surface area contributed by atoms with E-state index in [9.17, 15) is 4.79 Å². The highest BCUT2D eigenvalue weighted by Gasteiger charge is 2.26. The number of hydrogen-bond donors (Lipinski definition) is 2. The maximum absolute atomic E-state index is 11.9. The van der Waals surface area contributed by atoms with E-state index in [4.69, 9.17) is 0 Å². The minimum absolute atomic E-state index is 0.0924. The lowest BCUT2D eigenvalue weighted by atomic mass is 10.0. The molecule has 1 atom stereocenters. The van der Waals surface area contributed by atoms with Crippen LogP contribution in [0, 0.1) is 0 Å². The first-order valence-corrected chi connectivity index (χ1v) is 7.03. The van der Waals surface area contributed by atoms with Crippen LogP contribution >= 0.6 is 0 Å². The van der Waals surface area contributed by atoms with Crippen molar-refractivity contribution in [3.05, 3.63) is 22.7 Å².